The normalized spacial score (nSPS) is 13.0. The molecule has 0 aliphatic heterocycles. The molecule has 0 unspecified atom stereocenters. The third kappa shape index (κ3) is 1.42. The molecule has 0 saturated heterocycles. The van der Waals surface area contributed by atoms with Crippen molar-refractivity contribution in [3.05, 3.63) is 28.3 Å². The minimum Gasteiger partial charge on any atom is -0.477 e. The minimum atomic E-state index is -0.977. The van der Waals surface area contributed by atoms with E-state index in [2.05, 4.69) is 20.2 Å². The van der Waals surface area contributed by atoms with Gasteiger partial charge in [-0.05, 0) is 26.7 Å². The van der Waals surface area contributed by atoms with E-state index in [4.69, 9.17) is 5.11 Å². The van der Waals surface area contributed by atoms with Crippen LogP contribution >= 0.6 is 0 Å². The van der Waals surface area contributed by atoms with Gasteiger partial charge in [0.2, 0.25) is 0 Å². The molecular formula is C12H12N4O2. The standard InChI is InChI=1S/C12H12N4O2/c1-5-7-3-4-8-10(9(7)14-6(2)13-5)15-16-11(8)12(17)18/h3-4H2,1-2H3,(H,15,16)(H,17,18). The van der Waals surface area contributed by atoms with Crippen LogP contribution in [0.4, 0.5) is 0 Å². The predicted octanol–water partition coefficient (Wildman–Crippen LogP) is 1.28. The smallest absolute Gasteiger partial charge is 0.354 e. The van der Waals surface area contributed by atoms with Crippen molar-refractivity contribution in [2.75, 3.05) is 0 Å². The zero-order valence-corrected chi connectivity index (χ0v) is 10.1. The molecule has 0 spiro atoms. The number of nitrogens with one attached hydrogen (secondary N) is 1. The lowest BCUT2D eigenvalue weighted by Gasteiger charge is -2.16. The molecule has 92 valence electrons. The van der Waals surface area contributed by atoms with Crippen molar-refractivity contribution >= 4 is 5.97 Å². The van der Waals surface area contributed by atoms with Gasteiger partial charge in [-0.2, -0.15) is 5.10 Å². The molecule has 0 bridgehead atoms. The van der Waals surface area contributed by atoms with Gasteiger partial charge in [-0.25, -0.2) is 14.8 Å². The van der Waals surface area contributed by atoms with Crippen LogP contribution in [0, 0.1) is 13.8 Å². The highest BCUT2D eigenvalue weighted by molar-refractivity contribution is 5.90. The quantitative estimate of drug-likeness (QED) is 0.788. The van der Waals surface area contributed by atoms with Gasteiger partial charge in [-0.15, -0.1) is 0 Å². The summed E-state index contributed by atoms with van der Waals surface area (Å²) < 4.78 is 0. The zero-order valence-electron chi connectivity index (χ0n) is 10.1. The predicted molar refractivity (Wildman–Crippen MR) is 63.5 cm³/mol. The Bertz CT molecular complexity index is 660. The molecule has 1 aliphatic rings. The zero-order chi connectivity index (χ0) is 12.9. The van der Waals surface area contributed by atoms with Crippen molar-refractivity contribution in [2.45, 2.75) is 26.7 Å². The van der Waals surface area contributed by atoms with E-state index < -0.39 is 5.97 Å². The third-order valence-corrected chi connectivity index (χ3v) is 3.26. The maximum Gasteiger partial charge on any atom is 0.354 e. The molecule has 1 aliphatic carbocycles. The highest BCUT2D eigenvalue weighted by Gasteiger charge is 2.27. The van der Waals surface area contributed by atoms with Gasteiger partial charge in [-0.1, -0.05) is 0 Å². The first-order valence-electron chi connectivity index (χ1n) is 5.73. The average Bonchev–Trinajstić information content (AvgIpc) is 2.72. The van der Waals surface area contributed by atoms with Crippen LogP contribution in [0.3, 0.4) is 0 Å². The number of carboxylic acids is 1. The summed E-state index contributed by atoms with van der Waals surface area (Å²) in [5.74, 6) is -0.298. The van der Waals surface area contributed by atoms with E-state index in [1.54, 1.807) is 0 Å². The monoisotopic (exact) mass is 244 g/mol. The van der Waals surface area contributed by atoms with Crippen LogP contribution in [0.15, 0.2) is 0 Å². The number of carboxylic acid groups (broad SMARTS) is 1. The topological polar surface area (TPSA) is 91.8 Å². The number of rotatable bonds is 1. The largest absolute Gasteiger partial charge is 0.477 e. The first-order valence-corrected chi connectivity index (χ1v) is 5.73. The second-order valence-electron chi connectivity index (χ2n) is 4.41. The summed E-state index contributed by atoms with van der Waals surface area (Å²) in [4.78, 5) is 19.8. The van der Waals surface area contributed by atoms with E-state index in [1.807, 2.05) is 13.8 Å². The fraction of sp³-hybridized carbons (Fsp3) is 0.333. The lowest BCUT2D eigenvalue weighted by molar-refractivity contribution is 0.0689. The van der Waals surface area contributed by atoms with E-state index in [0.29, 0.717) is 17.9 Å². The summed E-state index contributed by atoms with van der Waals surface area (Å²) in [7, 11) is 0. The number of aromatic nitrogens is 4. The summed E-state index contributed by atoms with van der Waals surface area (Å²) >= 11 is 0. The van der Waals surface area contributed by atoms with E-state index >= 15 is 0 Å². The molecule has 0 amide bonds. The molecule has 0 aromatic carbocycles. The Labute approximate surface area is 103 Å². The van der Waals surface area contributed by atoms with Crippen LogP contribution in [-0.2, 0) is 12.8 Å². The number of hydrogen-bond acceptors (Lipinski definition) is 4. The molecular weight excluding hydrogens is 232 g/mol. The Hall–Kier alpha value is -2.24. The van der Waals surface area contributed by atoms with Crippen LogP contribution in [-0.4, -0.2) is 31.2 Å². The molecule has 2 aromatic heterocycles. The van der Waals surface area contributed by atoms with Gasteiger partial charge >= 0.3 is 5.97 Å². The summed E-state index contributed by atoms with van der Waals surface area (Å²) in [6.45, 7) is 3.77. The minimum absolute atomic E-state index is 0.171. The highest BCUT2D eigenvalue weighted by atomic mass is 16.4. The van der Waals surface area contributed by atoms with Crippen molar-refractivity contribution in [1.29, 1.82) is 0 Å². The molecule has 2 N–H and O–H groups in total. The molecule has 0 atom stereocenters. The van der Waals surface area contributed by atoms with E-state index in [1.165, 1.54) is 0 Å². The maximum absolute atomic E-state index is 11.1. The van der Waals surface area contributed by atoms with Crippen LogP contribution in [0.2, 0.25) is 0 Å². The average molecular weight is 244 g/mol. The lowest BCUT2D eigenvalue weighted by atomic mass is 9.91. The van der Waals surface area contributed by atoms with Crippen molar-refractivity contribution < 1.29 is 9.90 Å². The van der Waals surface area contributed by atoms with Crippen molar-refractivity contribution in [3.63, 3.8) is 0 Å². The first-order chi connectivity index (χ1) is 8.58. The number of fused-ring (bicyclic) bond motifs is 3. The van der Waals surface area contributed by atoms with Gasteiger partial charge in [0.05, 0.1) is 5.69 Å². The van der Waals surface area contributed by atoms with E-state index in [9.17, 15) is 4.79 Å². The maximum atomic E-state index is 11.1. The van der Waals surface area contributed by atoms with Crippen molar-refractivity contribution in [2.24, 2.45) is 0 Å². The first kappa shape index (κ1) is 10.9. The molecule has 0 fully saturated rings. The Morgan fingerprint density at radius 2 is 1.89 bits per heavy atom. The Morgan fingerprint density at radius 3 is 2.61 bits per heavy atom. The van der Waals surface area contributed by atoms with Gasteiger partial charge in [0.1, 0.15) is 17.2 Å². The molecule has 2 aromatic rings. The van der Waals surface area contributed by atoms with Gasteiger partial charge in [0.15, 0.2) is 0 Å². The number of hydrogen-bond donors (Lipinski definition) is 2. The van der Waals surface area contributed by atoms with Crippen LogP contribution in [0.5, 0.6) is 0 Å². The Morgan fingerprint density at radius 1 is 1.17 bits per heavy atom. The van der Waals surface area contributed by atoms with Gasteiger partial charge in [-0.3, -0.25) is 5.10 Å². The van der Waals surface area contributed by atoms with Crippen LogP contribution in [0.1, 0.15) is 33.1 Å². The summed E-state index contributed by atoms with van der Waals surface area (Å²) in [5.41, 5.74) is 4.35. The number of aromatic amines is 1. The third-order valence-electron chi connectivity index (χ3n) is 3.26. The molecule has 0 radical (unpaired) electrons. The SMILES string of the molecule is Cc1nc(C)c2c(n1)-c1n[nH]c(C(=O)O)c1CC2. The van der Waals surface area contributed by atoms with Gasteiger partial charge < -0.3 is 5.11 Å². The van der Waals surface area contributed by atoms with E-state index in [0.717, 1.165) is 28.9 Å². The summed E-state index contributed by atoms with van der Waals surface area (Å²) in [6, 6.07) is 0. The van der Waals surface area contributed by atoms with Gasteiger partial charge in [0, 0.05) is 16.8 Å². The number of aromatic carboxylic acids is 1. The second-order valence-corrected chi connectivity index (χ2v) is 4.41. The summed E-state index contributed by atoms with van der Waals surface area (Å²) in [5, 5.41) is 15.8. The molecule has 6 nitrogen and oxygen atoms in total. The van der Waals surface area contributed by atoms with E-state index in [-0.39, 0.29) is 5.69 Å². The Kier molecular flexibility index (Phi) is 2.19. The number of aryl methyl sites for hydroxylation is 2. The molecule has 3 rings (SSSR count). The number of carbonyl (C=O) groups is 1. The number of H-pyrrole nitrogens is 1. The van der Waals surface area contributed by atoms with Gasteiger partial charge in [0.25, 0.3) is 0 Å². The van der Waals surface area contributed by atoms with Crippen molar-refractivity contribution in [3.8, 4) is 11.4 Å². The molecule has 6 heteroatoms. The fourth-order valence-corrected chi connectivity index (χ4v) is 2.46. The Balaban J connectivity index is 2.26. The molecule has 0 saturated carbocycles. The summed E-state index contributed by atoms with van der Waals surface area (Å²) in [6.07, 6.45) is 1.42. The lowest BCUT2D eigenvalue weighted by Crippen LogP contribution is -2.12. The van der Waals surface area contributed by atoms with Crippen molar-refractivity contribution in [1.82, 2.24) is 20.2 Å². The fourth-order valence-electron chi connectivity index (χ4n) is 2.46. The number of nitrogens with zero attached hydrogens (tertiary/aromatic N) is 3. The van der Waals surface area contributed by atoms with Crippen LogP contribution in [0.25, 0.3) is 11.4 Å². The molecule has 2 heterocycles. The highest BCUT2D eigenvalue weighted by Crippen LogP contribution is 2.33. The second kappa shape index (κ2) is 3.63. The molecule has 18 heavy (non-hydrogen) atoms. The van der Waals surface area contributed by atoms with Crippen LogP contribution < -0.4 is 0 Å².